The highest BCUT2D eigenvalue weighted by atomic mass is 16.5. The number of aliphatic hydroxyl groups is 1. The number of rotatable bonds is 5. The molecule has 6 heteroatoms. The maximum atomic E-state index is 12.7. The molecule has 0 bridgehead atoms. The lowest BCUT2D eigenvalue weighted by Crippen LogP contribution is -2.68. The van der Waals surface area contributed by atoms with E-state index in [1.54, 1.807) is 7.11 Å². The molecular weight excluding hydrogens is 366 g/mol. The van der Waals surface area contributed by atoms with Crippen molar-refractivity contribution < 1.29 is 14.6 Å². The number of fused-ring (bicyclic) bond motifs is 1. The molecule has 1 aromatic carbocycles. The first-order chi connectivity index (χ1) is 14.0. The lowest BCUT2D eigenvalue weighted by atomic mass is 9.74. The Bertz CT molecular complexity index is 738. The monoisotopic (exact) mass is 399 g/mol. The topological polar surface area (TPSA) is 56.2 Å². The minimum absolute atomic E-state index is 0.120. The van der Waals surface area contributed by atoms with Crippen molar-refractivity contribution in [3.05, 3.63) is 35.4 Å². The van der Waals surface area contributed by atoms with Crippen LogP contribution in [0.25, 0.3) is 0 Å². The Hall–Kier alpha value is -1.91. The Kier molecular flexibility index (Phi) is 7.68. The molecule has 3 atom stereocenters. The number of hydrogen-bond acceptors (Lipinski definition) is 5. The molecule has 158 valence electrons. The van der Waals surface area contributed by atoms with E-state index in [4.69, 9.17) is 4.74 Å². The number of likely N-dealkylation sites (N-methyl/N-ethyl adjacent to an activating group) is 1. The zero-order valence-electron chi connectivity index (χ0n) is 17.8. The van der Waals surface area contributed by atoms with Crippen molar-refractivity contribution in [3.63, 3.8) is 0 Å². The molecule has 1 aromatic rings. The van der Waals surface area contributed by atoms with Gasteiger partial charge in [0.2, 0.25) is 5.91 Å². The summed E-state index contributed by atoms with van der Waals surface area (Å²) in [4.78, 5) is 19.0. The van der Waals surface area contributed by atoms with Gasteiger partial charge in [-0.25, -0.2) is 0 Å². The number of amides is 1. The number of hydrogen-bond donors (Lipinski definition) is 1. The van der Waals surface area contributed by atoms with Gasteiger partial charge >= 0.3 is 0 Å². The van der Waals surface area contributed by atoms with E-state index < -0.39 is 0 Å². The molecular formula is C23H33N3O3. The van der Waals surface area contributed by atoms with E-state index in [0.29, 0.717) is 13.2 Å². The Morgan fingerprint density at radius 1 is 1.24 bits per heavy atom. The van der Waals surface area contributed by atoms with Gasteiger partial charge in [-0.3, -0.25) is 9.69 Å². The molecule has 2 aliphatic heterocycles. The van der Waals surface area contributed by atoms with Crippen molar-refractivity contribution in [2.45, 2.75) is 30.8 Å². The first-order valence-electron chi connectivity index (χ1n) is 10.4. The second-order valence-electron chi connectivity index (χ2n) is 8.22. The smallest absolute Gasteiger partial charge is 0.236 e. The summed E-state index contributed by atoms with van der Waals surface area (Å²) >= 11 is 0. The first-order valence-corrected chi connectivity index (χ1v) is 10.4. The van der Waals surface area contributed by atoms with Crippen LogP contribution in [0.15, 0.2) is 24.3 Å². The van der Waals surface area contributed by atoms with Gasteiger partial charge in [0, 0.05) is 43.8 Å². The lowest BCUT2D eigenvalue weighted by molar-refractivity contribution is -0.137. The normalized spacial score (nSPS) is 24.7. The number of aliphatic hydroxyl groups excluding tert-OH is 1. The van der Waals surface area contributed by atoms with Gasteiger partial charge in [-0.1, -0.05) is 24.0 Å². The van der Waals surface area contributed by atoms with Crippen LogP contribution < -0.4 is 0 Å². The third kappa shape index (κ3) is 5.18. The van der Waals surface area contributed by atoms with Gasteiger partial charge in [-0.15, -0.1) is 0 Å². The van der Waals surface area contributed by atoms with Crippen LogP contribution in [-0.4, -0.2) is 98.4 Å². The minimum Gasteiger partial charge on any atom is -0.395 e. The zero-order valence-corrected chi connectivity index (χ0v) is 17.8. The molecule has 0 radical (unpaired) electrons. The predicted molar refractivity (Wildman–Crippen MR) is 114 cm³/mol. The van der Waals surface area contributed by atoms with Crippen LogP contribution in [0.4, 0.5) is 0 Å². The van der Waals surface area contributed by atoms with Crippen molar-refractivity contribution in [1.29, 1.82) is 0 Å². The van der Waals surface area contributed by atoms with Crippen molar-refractivity contribution in [2.75, 3.05) is 60.6 Å². The highest BCUT2D eigenvalue weighted by molar-refractivity contribution is 5.78. The summed E-state index contributed by atoms with van der Waals surface area (Å²) in [5.41, 5.74) is 2.17. The fourth-order valence-electron chi connectivity index (χ4n) is 4.54. The average molecular weight is 400 g/mol. The molecule has 2 fully saturated rings. The molecule has 3 rings (SSSR count). The first kappa shape index (κ1) is 21.8. The third-order valence-corrected chi connectivity index (χ3v) is 5.92. The van der Waals surface area contributed by atoms with E-state index in [1.165, 1.54) is 5.56 Å². The van der Waals surface area contributed by atoms with Crippen LogP contribution in [0.1, 0.15) is 29.9 Å². The van der Waals surface area contributed by atoms with E-state index in [-0.39, 0.29) is 30.5 Å². The molecule has 2 heterocycles. The Morgan fingerprint density at radius 2 is 1.97 bits per heavy atom. The Morgan fingerprint density at radius 3 is 2.62 bits per heavy atom. The Balaban J connectivity index is 1.77. The van der Waals surface area contributed by atoms with Gasteiger partial charge in [0.1, 0.15) is 6.61 Å². The fraction of sp³-hybridized carbons (Fsp3) is 0.609. The standard InChI is InChI=1S/C23H33N3O3/c1-24(2)16-22(28)25-12-4-5-13-26-20(15-25)23(21(26)17-27)19-10-8-18(9-11-19)7-6-14-29-3/h8-11,20-21,23,27H,4-5,12-17H2,1-3H3/t20-,21+,23-/m1/s1. The van der Waals surface area contributed by atoms with Gasteiger partial charge in [-0.2, -0.15) is 0 Å². The summed E-state index contributed by atoms with van der Waals surface area (Å²) in [6.07, 6.45) is 2.07. The van der Waals surface area contributed by atoms with Crippen molar-refractivity contribution >= 4 is 5.91 Å². The lowest BCUT2D eigenvalue weighted by Gasteiger charge is -2.57. The number of carbonyl (C=O) groups is 1. The molecule has 0 unspecified atom stereocenters. The third-order valence-electron chi connectivity index (χ3n) is 5.92. The highest BCUT2D eigenvalue weighted by Gasteiger charge is 2.49. The molecule has 0 aliphatic carbocycles. The second kappa shape index (κ2) is 10.2. The summed E-state index contributed by atoms with van der Waals surface area (Å²) in [6, 6.07) is 8.68. The zero-order chi connectivity index (χ0) is 20.8. The second-order valence-corrected chi connectivity index (χ2v) is 8.22. The predicted octanol–water partition coefficient (Wildman–Crippen LogP) is 0.997. The van der Waals surface area contributed by atoms with Crippen molar-refractivity contribution in [2.24, 2.45) is 0 Å². The quantitative estimate of drug-likeness (QED) is 0.749. The molecule has 29 heavy (non-hydrogen) atoms. The van der Waals surface area contributed by atoms with Crippen LogP contribution in [0.3, 0.4) is 0 Å². The van der Waals surface area contributed by atoms with E-state index >= 15 is 0 Å². The number of benzene rings is 1. The SMILES string of the molecule is COCC#Cc1ccc([C@@H]2[C@H]3CN(C(=O)CN(C)C)CCCCN3[C@H]2CO)cc1. The largest absolute Gasteiger partial charge is 0.395 e. The summed E-state index contributed by atoms with van der Waals surface area (Å²) in [6.45, 7) is 3.54. The summed E-state index contributed by atoms with van der Waals surface area (Å²) in [7, 11) is 5.50. The van der Waals surface area contributed by atoms with Crippen LogP contribution in [0.2, 0.25) is 0 Å². The van der Waals surface area contributed by atoms with Gasteiger partial charge in [-0.05, 0) is 51.2 Å². The van der Waals surface area contributed by atoms with Crippen molar-refractivity contribution in [1.82, 2.24) is 14.7 Å². The van der Waals surface area contributed by atoms with Crippen molar-refractivity contribution in [3.8, 4) is 11.8 Å². The molecule has 1 N–H and O–H groups in total. The number of methoxy groups -OCH3 is 1. The average Bonchev–Trinajstić information content (AvgIpc) is 2.67. The summed E-state index contributed by atoms with van der Waals surface area (Å²) in [5, 5.41) is 10.0. The molecule has 0 saturated carbocycles. The summed E-state index contributed by atoms with van der Waals surface area (Å²) < 4.78 is 4.97. The molecule has 1 amide bonds. The molecule has 2 saturated heterocycles. The maximum absolute atomic E-state index is 12.7. The molecule has 0 aromatic heterocycles. The van der Waals surface area contributed by atoms with E-state index in [2.05, 4.69) is 28.9 Å². The van der Waals surface area contributed by atoms with Crippen LogP contribution in [0, 0.1) is 11.8 Å². The van der Waals surface area contributed by atoms with E-state index in [1.807, 2.05) is 36.0 Å². The summed E-state index contributed by atoms with van der Waals surface area (Å²) in [5.74, 6) is 6.49. The van der Waals surface area contributed by atoms with Gasteiger partial charge in [0.15, 0.2) is 0 Å². The number of carbonyl (C=O) groups excluding carboxylic acids is 1. The molecule has 0 spiro atoms. The Labute approximate surface area is 174 Å². The molecule has 2 aliphatic rings. The number of nitrogens with zero attached hydrogens (tertiary/aromatic N) is 3. The maximum Gasteiger partial charge on any atom is 0.236 e. The van der Waals surface area contributed by atoms with Crippen LogP contribution in [0.5, 0.6) is 0 Å². The van der Waals surface area contributed by atoms with Gasteiger partial charge in [0.05, 0.1) is 13.2 Å². The fourth-order valence-corrected chi connectivity index (χ4v) is 4.54. The van der Waals surface area contributed by atoms with Crippen LogP contribution >= 0.6 is 0 Å². The highest BCUT2D eigenvalue weighted by Crippen LogP contribution is 2.41. The van der Waals surface area contributed by atoms with E-state index in [9.17, 15) is 9.90 Å². The molecule has 6 nitrogen and oxygen atoms in total. The van der Waals surface area contributed by atoms with Gasteiger partial charge in [0.25, 0.3) is 0 Å². The van der Waals surface area contributed by atoms with Gasteiger partial charge < -0.3 is 19.6 Å². The van der Waals surface area contributed by atoms with E-state index in [0.717, 1.165) is 38.0 Å². The minimum atomic E-state index is 0.120. The van der Waals surface area contributed by atoms with Crippen LogP contribution in [-0.2, 0) is 9.53 Å². The number of ether oxygens (including phenoxy) is 1.